The molecule has 1 unspecified atom stereocenters. The van der Waals surface area contributed by atoms with E-state index in [1.807, 2.05) is 0 Å². The van der Waals surface area contributed by atoms with E-state index < -0.39 is 10.0 Å². The molecule has 0 aliphatic carbocycles. The molecule has 8 nitrogen and oxygen atoms in total. The molecule has 0 radical (unpaired) electrons. The number of benzene rings is 1. The number of anilines is 1. The number of ether oxygens (including phenoxy) is 1. The van der Waals surface area contributed by atoms with Crippen molar-refractivity contribution in [2.24, 2.45) is 7.05 Å². The summed E-state index contributed by atoms with van der Waals surface area (Å²) in [5.41, 5.74) is 2.19. The summed E-state index contributed by atoms with van der Waals surface area (Å²) in [6.07, 6.45) is 2.49. The molecule has 0 saturated carbocycles. The fourth-order valence-corrected chi connectivity index (χ4v) is 4.00. The minimum absolute atomic E-state index is 0.0928. The van der Waals surface area contributed by atoms with Crippen molar-refractivity contribution in [2.45, 2.75) is 24.2 Å². The van der Waals surface area contributed by atoms with Crippen molar-refractivity contribution in [3.63, 3.8) is 0 Å². The highest BCUT2D eigenvalue weighted by atomic mass is 32.2. The highest BCUT2D eigenvalue weighted by Gasteiger charge is 2.27. The standard InChI is InChI=1S/C17H22N4O4S/c1-11-4-5-13(8-15(11)26(23,24)18-2)19-17(22)14-9-21(3)20-16(14)12-6-7-25-10-12/h4-5,8-9,12,18H,6-7,10H2,1-3H3,(H,19,22). The van der Waals surface area contributed by atoms with Gasteiger partial charge in [0.25, 0.3) is 5.91 Å². The Balaban J connectivity index is 1.88. The summed E-state index contributed by atoms with van der Waals surface area (Å²) < 4.78 is 33.5. The van der Waals surface area contributed by atoms with Crippen LogP contribution in [0, 0.1) is 6.92 Å². The van der Waals surface area contributed by atoms with Crippen LogP contribution in [-0.2, 0) is 21.8 Å². The lowest BCUT2D eigenvalue weighted by Gasteiger charge is -2.11. The number of nitrogens with one attached hydrogen (secondary N) is 2. The van der Waals surface area contributed by atoms with E-state index in [0.29, 0.717) is 35.7 Å². The fraction of sp³-hybridized carbons (Fsp3) is 0.412. The number of hydrogen-bond donors (Lipinski definition) is 2. The number of aryl methyl sites for hydroxylation is 2. The molecule has 0 bridgehead atoms. The molecule has 3 rings (SSSR count). The summed E-state index contributed by atoms with van der Waals surface area (Å²) in [6.45, 7) is 2.91. The Bertz CT molecular complexity index is 930. The molecule has 140 valence electrons. The quantitative estimate of drug-likeness (QED) is 0.819. The van der Waals surface area contributed by atoms with Gasteiger partial charge in [-0.1, -0.05) is 6.07 Å². The first-order chi connectivity index (χ1) is 12.3. The third-order valence-corrected chi connectivity index (χ3v) is 5.98. The Kier molecular flexibility index (Phi) is 5.12. The number of nitrogens with zero attached hydrogens (tertiary/aromatic N) is 2. The number of rotatable bonds is 5. The third-order valence-electron chi connectivity index (χ3n) is 4.42. The lowest BCUT2D eigenvalue weighted by atomic mass is 10.0. The molecule has 2 heterocycles. The molecular weight excluding hydrogens is 356 g/mol. The summed E-state index contributed by atoms with van der Waals surface area (Å²) >= 11 is 0. The maximum Gasteiger partial charge on any atom is 0.259 e. The molecule has 2 N–H and O–H groups in total. The lowest BCUT2D eigenvalue weighted by molar-refractivity contribution is 0.102. The maximum atomic E-state index is 12.8. The topological polar surface area (TPSA) is 102 Å². The maximum absolute atomic E-state index is 12.8. The Morgan fingerprint density at radius 3 is 2.81 bits per heavy atom. The van der Waals surface area contributed by atoms with E-state index in [9.17, 15) is 13.2 Å². The summed E-state index contributed by atoms with van der Waals surface area (Å²) in [7, 11) is -0.487. The number of amides is 1. The van der Waals surface area contributed by atoms with Crippen LogP contribution in [0.4, 0.5) is 5.69 Å². The highest BCUT2D eigenvalue weighted by molar-refractivity contribution is 7.89. The van der Waals surface area contributed by atoms with Crippen molar-refractivity contribution in [3.05, 3.63) is 41.2 Å². The second kappa shape index (κ2) is 7.18. The van der Waals surface area contributed by atoms with Gasteiger partial charge in [0.05, 0.1) is 22.8 Å². The second-order valence-corrected chi connectivity index (χ2v) is 8.16. The molecule has 26 heavy (non-hydrogen) atoms. The monoisotopic (exact) mass is 378 g/mol. The van der Waals surface area contributed by atoms with Crippen LogP contribution in [0.3, 0.4) is 0 Å². The van der Waals surface area contributed by atoms with Crippen LogP contribution in [0.15, 0.2) is 29.3 Å². The van der Waals surface area contributed by atoms with E-state index >= 15 is 0 Å². The smallest absolute Gasteiger partial charge is 0.259 e. The van der Waals surface area contributed by atoms with Crippen LogP contribution in [0.1, 0.15) is 34.0 Å². The van der Waals surface area contributed by atoms with Crippen LogP contribution in [-0.4, -0.2) is 44.4 Å². The first kappa shape index (κ1) is 18.6. The van der Waals surface area contributed by atoms with Gasteiger partial charge in [-0.25, -0.2) is 13.1 Å². The van der Waals surface area contributed by atoms with Gasteiger partial charge in [0.2, 0.25) is 10.0 Å². The number of carbonyl (C=O) groups excluding carboxylic acids is 1. The van der Waals surface area contributed by atoms with Gasteiger partial charge in [-0.3, -0.25) is 9.48 Å². The van der Waals surface area contributed by atoms with Crippen LogP contribution in [0.2, 0.25) is 0 Å². The number of aromatic nitrogens is 2. The molecule has 1 aliphatic heterocycles. The molecule has 9 heteroatoms. The zero-order chi connectivity index (χ0) is 18.9. The van der Waals surface area contributed by atoms with Gasteiger partial charge in [0.15, 0.2) is 0 Å². The van der Waals surface area contributed by atoms with Gasteiger partial charge >= 0.3 is 0 Å². The van der Waals surface area contributed by atoms with Gasteiger partial charge in [0.1, 0.15) is 0 Å². The average Bonchev–Trinajstić information content (AvgIpc) is 3.25. The number of carbonyl (C=O) groups is 1. The fourth-order valence-electron chi connectivity index (χ4n) is 3.01. The zero-order valence-electron chi connectivity index (χ0n) is 14.9. The minimum Gasteiger partial charge on any atom is -0.381 e. The van der Waals surface area contributed by atoms with Crippen molar-refractivity contribution < 1.29 is 17.9 Å². The van der Waals surface area contributed by atoms with Crippen molar-refractivity contribution in [1.82, 2.24) is 14.5 Å². The zero-order valence-corrected chi connectivity index (χ0v) is 15.8. The second-order valence-electron chi connectivity index (χ2n) is 6.30. The van der Waals surface area contributed by atoms with Crippen molar-refractivity contribution >= 4 is 21.6 Å². The molecule has 1 aromatic carbocycles. The summed E-state index contributed by atoms with van der Waals surface area (Å²) in [5, 5.41) is 7.18. The van der Waals surface area contributed by atoms with E-state index in [2.05, 4.69) is 15.1 Å². The minimum atomic E-state index is -3.60. The Hall–Kier alpha value is -2.23. The van der Waals surface area contributed by atoms with Crippen LogP contribution in [0.5, 0.6) is 0 Å². The average molecular weight is 378 g/mol. The summed E-state index contributed by atoms with van der Waals surface area (Å²) in [4.78, 5) is 12.9. The molecule has 1 atom stereocenters. The molecule has 1 saturated heterocycles. The number of sulfonamides is 1. The van der Waals surface area contributed by atoms with E-state index in [1.165, 1.54) is 13.1 Å². The van der Waals surface area contributed by atoms with Gasteiger partial charge in [-0.2, -0.15) is 5.10 Å². The van der Waals surface area contributed by atoms with Gasteiger partial charge in [0, 0.05) is 31.5 Å². The molecular formula is C17H22N4O4S. The van der Waals surface area contributed by atoms with Gasteiger partial charge < -0.3 is 10.1 Å². The summed E-state index contributed by atoms with van der Waals surface area (Å²) in [6, 6.07) is 4.79. The third kappa shape index (κ3) is 3.64. The number of hydrogen-bond acceptors (Lipinski definition) is 5. The van der Waals surface area contributed by atoms with Crippen molar-refractivity contribution in [3.8, 4) is 0 Å². The van der Waals surface area contributed by atoms with Gasteiger partial charge in [-0.05, 0) is 38.1 Å². The molecule has 2 aromatic rings. The van der Waals surface area contributed by atoms with Crippen molar-refractivity contribution in [2.75, 3.05) is 25.6 Å². The highest BCUT2D eigenvalue weighted by Crippen LogP contribution is 2.27. The Labute approximate surface area is 152 Å². The lowest BCUT2D eigenvalue weighted by Crippen LogP contribution is -2.20. The molecule has 1 fully saturated rings. The molecule has 1 amide bonds. The largest absolute Gasteiger partial charge is 0.381 e. The first-order valence-electron chi connectivity index (χ1n) is 8.28. The molecule has 0 spiro atoms. The van der Waals surface area contributed by atoms with E-state index in [-0.39, 0.29) is 16.7 Å². The van der Waals surface area contributed by atoms with Crippen LogP contribution >= 0.6 is 0 Å². The normalized spacial score (nSPS) is 17.4. The van der Waals surface area contributed by atoms with Crippen LogP contribution < -0.4 is 10.0 Å². The Morgan fingerprint density at radius 1 is 1.38 bits per heavy atom. The summed E-state index contributed by atoms with van der Waals surface area (Å²) in [5.74, 6) is -0.230. The van der Waals surface area contributed by atoms with E-state index in [0.717, 1.165) is 6.42 Å². The predicted molar refractivity (Wildman–Crippen MR) is 96.8 cm³/mol. The van der Waals surface area contributed by atoms with E-state index in [4.69, 9.17) is 4.74 Å². The molecule has 1 aliphatic rings. The SMILES string of the molecule is CNS(=O)(=O)c1cc(NC(=O)c2cn(C)nc2C2CCOC2)ccc1C. The van der Waals surface area contributed by atoms with E-state index in [1.54, 1.807) is 37.0 Å². The predicted octanol–water partition coefficient (Wildman–Crippen LogP) is 1.39. The van der Waals surface area contributed by atoms with Crippen LogP contribution in [0.25, 0.3) is 0 Å². The Morgan fingerprint density at radius 2 is 2.15 bits per heavy atom. The molecule has 1 aromatic heterocycles. The van der Waals surface area contributed by atoms with Gasteiger partial charge in [-0.15, -0.1) is 0 Å². The first-order valence-corrected chi connectivity index (χ1v) is 9.77. The van der Waals surface area contributed by atoms with Crippen molar-refractivity contribution in [1.29, 1.82) is 0 Å².